The molecule has 1 aromatic carbocycles. The first kappa shape index (κ1) is 20.3. The molecule has 1 aromatic heterocycles. The van der Waals surface area contributed by atoms with Gasteiger partial charge in [-0.2, -0.15) is 0 Å². The van der Waals surface area contributed by atoms with Crippen LogP contribution in [0.5, 0.6) is 11.5 Å². The van der Waals surface area contributed by atoms with E-state index in [1.54, 1.807) is 23.1 Å². The van der Waals surface area contributed by atoms with Gasteiger partial charge in [-0.05, 0) is 57.6 Å². The fourth-order valence-electron chi connectivity index (χ4n) is 4.16. The molecule has 4 rings (SSSR count). The predicted octanol–water partition coefficient (Wildman–Crippen LogP) is 3.87. The molecule has 2 heterocycles. The molecule has 160 valence electrons. The Morgan fingerprint density at radius 2 is 1.87 bits per heavy atom. The van der Waals surface area contributed by atoms with Gasteiger partial charge in [-0.1, -0.05) is 6.92 Å². The molecule has 0 atom stereocenters. The lowest BCUT2D eigenvalue weighted by molar-refractivity contribution is -0.123. The third kappa shape index (κ3) is 3.74. The monoisotopic (exact) mass is 413 g/mol. The first-order valence-electron chi connectivity index (χ1n) is 10.4. The molecule has 0 saturated heterocycles. The van der Waals surface area contributed by atoms with Crippen molar-refractivity contribution in [1.29, 1.82) is 0 Å². The van der Waals surface area contributed by atoms with Crippen molar-refractivity contribution in [3.63, 3.8) is 0 Å². The highest BCUT2D eigenvalue weighted by molar-refractivity contribution is 6.01. The van der Waals surface area contributed by atoms with Crippen LogP contribution in [0.15, 0.2) is 24.4 Å². The summed E-state index contributed by atoms with van der Waals surface area (Å²) in [6.07, 6.45) is 5.13. The van der Waals surface area contributed by atoms with Gasteiger partial charge in [0.05, 0.1) is 5.69 Å². The van der Waals surface area contributed by atoms with Crippen molar-refractivity contribution in [1.82, 2.24) is 9.78 Å². The van der Waals surface area contributed by atoms with E-state index in [4.69, 9.17) is 9.47 Å². The van der Waals surface area contributed by atoms with Gasteiger partial charge in [-0.3, -0.25) is 9.69 Å². The van der Waals surface area contributed by atoms with Gasteiger partial charge in [0.1, 0.15) is 5.56 Å². The van der Waals surface area contributed by atoms with E-state index in [9.17, 15) is 14.7 Å². The summed E-state index contributed by atoms with van der Waals surface area (Å²) in [5.74, 6) is 0.758. The quantitative estimate of drug-likeness (QED) is 0.800. The van der Waals surface area contributed by atoms with Crippen molar-refractivity contribution >= 4 is 17.7 Å². The molecular weight excluding hydrogens is 386 g/mol. The molecule has 0 spiro atoms. The van der Waals surface area contributed by atoms with E-state index in [-0.39, 0.29) is 36.0 Å². The maximum Gasteiger partial charge on any atom is 0.341 e. The number of fused-ring (bicyclic) bond motifs is 1. The molecule has 30 heavy (non-hydrogen) atoms. The highest BCUT2D eigenvalue weighted by atomic mass is 16.7. The first-order chi connectivity index (χ1) is 14.3. The van der Waals surface area contributed by atoms with Crippen molar-refractivity contribution in [3.05, 3.63) is 30.0 Å². The lowest BCUT2D eigenvalue weighted by atomic mass is 9.82. The molecule has 2 aromatic rings. The van der Waals surface area contributed by atoms with Crippen LogP contribution in [0.1, 0.15) is 56.8 Å². The van der Waals surface area contributed by atoms with Gasteiger partial charge in [0, 0.05) is 24.2 Å². The smallest absolute Gasteiger partial charge is 0.341 e. The lowest BCUT2D eigenvalue weighted by Crippen LogP contribution is -2.43. The number of carbonyl (C=O) groups excluding carboxylic acids is 1. The fourth-order valence-corrected chi connectivity index (χ4v) is 4.16. The van der Waals surface area contributed by atoms with E-state index in [0.717, 1.165) is 25.7 Å². The molecule has 1 aliphatic carbocycles. The van der Waals surface area contributed by atoms with Crippen LogP contribution in [0, 0.1) is 11.8 Å². The third-order valence-electron chi connectivity index (χ3n) is 5.89. The third-order valence-corrected chi connectivity index (χ3v) is 5.89. The SMILES string of the molecule is CC(C)N(c1nn(-c2ccc3c(c2)OCO3)cc1C(=O)O)C(=O)[C@H]1CC[C@H](C)CC1. The normalized spacial score (nSPS) is 20.4. The van der Waals surface area contributed by atoms with Gasteiger partial charge in [-0.15, -0.1) is 5.10 Å². The second kappa shape index (κ2) is 8.01. The number of hydrogen-bond acceptors (Lipinski definition) is 5. The number of rotatable bonds is 5. The Bertz CT molecular complexity index is 960. The molecule has 1 N–H and O–H groups in total. The van der Waals surface area contributed by atoms with E-state index in [1.807, 2.05) is 13.8 Å². The summed E-state index contributed by atoms with van der Waals surface area (Å²) in [6.45, 7) is 6.12. The Hall–Kier alpha value is -3.03. The summed E-state index contributed by atoms with van der Waals surface area (Å²) < 4.78 is 12.2. The van der Waals surface area contributed by atoms with E-state index in [2.05, 4.69) is 12.0 Å². The number of carboxylic acids is 1. The largest absolute Gasteiger partial charge is 0.477 e. The van der Waals surface area contributed by atoms with Crippen molar-refractivity contribution in [2.24, 2.45) is 11.8 Å². The highest BCUT2D eigenvalue weighted by Crippen LogP contribution is 2.35. The second-order valence-corrected chi connectivity index (χ2v) is 8.41. The summed E-state index contributed by atoms with van der Waals surface area (Å²) in [5.41, 5.74) is 0.634. The zero-order chi connectivity index (χ0) is 21.4. The molecule has 0 unspecified atom stereocenters. The Balaban J connectivity index is 1.70. The molecule has 8 nitrogen and oxygen atoms in total. The van der Waals surface area contributed by atoms with Crippen LogP contribution >= 0.6 is 0 Å². The van der Waals surface area contributed by atoms with Crippen LogP contribution in [0.2, 0.25) is 0 Å². The maximum absolute atomic E-state index is 13.4. The van der Waals surface area contributed by atoms with Crippen LogP contribution in [-0.2, 0) is 4.79 Å². The van der Waals surface area contributed by atoms with Gasteiger partial charge in [0.2, 0.25) is 12.7 Å². The summed E-state index contributed by atoms with van der Waals surface area (Å²) in [4.78, 5) is 26.9. The minimum atomic E-state index is -1.12. The van der Waals surface area contributed by atoms with E-state index < -0.39 is 5.97 Å². The number of benzene rings is 1. The minimum absolute atomic E-state index is 0.00102. The van der Waals surface area contributed by atoms with Crippen molar-refractivity contribution in [2.45, 2.75) is 52.5 Å². The number of anilines is 1. The molecule has 0 radical (unpaired) electrons. The Labute approximate surface area is 175 Å². The highest BCUT2D eigenvalue weighted by Gasteiger charge is 2.34. The van der Waals surface area contributed by atoms with Gasteiger partial charge in [-0.25, -0.2) is 9.48 Å². The topological polar surface area (TPSA) is 93.9 Å². The van der Waals surface area contributed by atoms with E-state index in [0.29, 0.717) is 23.1 Å². The van der Waals surface area contributed by atoms with Crippen molar-refractivity contribution < 1.29 is 24.2 Å². The zero-order valence-electron chi connectivity index (χ0n) is 17.5. The Morgan fingerprint density at radius 1 is 1.17 bits per heavy atom. The number of aromatic carboxylic acids is 1. The van der Waals surface area contributed by atoms with Crippen molar-refractivity contribution in [2.75, 3.05) is 11.7 Å². The van der Waals surface area contributed by atoms with Gasteiger partial charge < -0.3 is 14.6 Å². The van der Waals surface area contributed by atoms with Crippen LogP contribution < -0.4 is 14.4 Å². The Kier molecular flexibility index (Phi) is 5.40. The number of amides is 1. The van der Waals surface area contributed by atoms with Crippen LogP contribution in [0.3, 0.4) is 0 Å². The fraction of sp³-hybridized carbons (Fsp3) is 0.500. The minimum Gasteiger partial charge on any atom is -0.477 e. The number of nitrogens with zero attached hydrogens (tertiary/aromatic N) is 3. The maximum atomic E-state index is 13.4. The van der Waals surface area contributed by atoms with Crippen molar-refractivity contribution in [3.8, 4) is 17.2 Å². The summed E-state index contributed by atoms with van der Waals surface area (Å²) >= 11 is 0. The van der Waals surface area contributed by atoms with Crippen LogP contribution in [0.25, 0.3) is 5.69 Å². The number of carboxylic acid groups (broad SMARTS) is 1. The zero-order valence-corrected chi connectivity index (χ0v) is 17.5. The summed E-state index contributed by atoms with van der Waals surface area (Å²) in [6, 6.07) is 5.07. The van der Waals surface area contributed by atoms with Crippen LogP contribution in [-0.4, -0.2) is 39.6 Å². The molecular formula is C22H27N3O5. The number of aromatic nitrogens is 2. The number of hydrogen-bond donors (Lipinski definition) is 1. The average molecular weight is 413 g/mol. The Morgan fingerprint density at radius 3 is 2.53 bits per heavy atom. The molecule has 0 bridgehead atoms. The van der Waals surface area contributed by atoms with Gasteiger partial charge in [0.25, 0.3) is 0 Å². The van der Waals surface area contributed by atoms with E-state index >= 15 is 0 Å². The molecule has 8 heteroatoms. The van der Waals surface area contributed by atoms with Gasteiger partial charge >= 0.3 is 5.97 Å². The second-order valence-electron chi connectivity index (χ2n) is 8.41. The molecule has 1 saturated carbocycles. The first-order valence-corrected chi connectivity index (χ1v) is 10.4. The number of carbonyl (C=O) groups is 2. The molecule has 1 aliphatic heterocycles. The molecule has 2 aliphatic rings. The van der Waals surface area contributed by atoms with Crippen LogP contribution in [0.4, 0.5) is 5.82 Å². The predicted molar refractivity (Wildman–Crippen MR) is 110 cm³/mol. The lowest BCUT2D eigenvalue weighted by Gasteiger charge is -2.32. The standard InChI is InChI=1S/C22H27N3O5/c1-13(2)25(21(26)15-6-4-14(3)5-7-15)20-17(22(27)28)11-24(23-20)16-8-9-18-19(10-16)30-12-29-18/h8-11,13-15H,4-7,12H2,1-3H3,(H,27,28)/t14-,15-. The molecule has 1 fully saturated rings. The number of ether oxygens (including phenoxy) is 2. The summed E-state index contributed by atoms with van der Waals surface area (Å²) in [7, 11) is 0. The van der Waals surface area contributed by atoms with Gasteiger partial charge in [0.15, 0.2) is 17.3 Å². The average Bonchev–Trinajstić information content (AvgIpc) is 3.35. The molecule has 1 amide bonds. The summed E-state index contributed by atoms with van der Waals surface area (Å²) in [5, 5.41) is 14.3. The van der Waals surface area contributed by atoms with E-state index in [1.165, 1.54) is 10.9 Å².